The number of rotatable bonds is 3. The minimum absolute atomic E-state index is 0.145. The average Bonchev–Trinajstić information content (AvgIpc) is 2.24. The Balaban J connectivity index is 1.89. The average molecular weight is 248 g/mol. The van der Waals surface area contributed by atoms with Crippen molar-refractivity contribution in [1.29, 1.82) is 0 Å². The zero-order valence-electron chi connectivity index (χ0n) is 10.1. The van der Waals surface area contributed by atoms with E-state index in [1.807, 2.05) is 7.05 Å². The first kappa shape index (κ1) is 12.9. The van der Waals surface area contributed by atoms with Crippen molar-refractivity contribution in [2.75, 3.05) is 26.7 Å². The number of halogens is 3. The predicted molar refractivity (Wildman–Crippen MR) is 60.8 cm³/mol. The first-order valence-corrected chi connectivity index (χ1v) is 6.17. The Morgan fingerprint density at radius 2 is 2.18 bits per heavy atom. The summed E-state index contributed by atoms with van der Waals surface area (Å²) in [6.45, 7) is 1.98. The van der Waals surface area contributed by atoms with Crippen LogP contribution in [0.3, 0.4) is 0 Å². The third-order valence-electron chi connectivity index (χ3n) is 3.92. The van der Waals surface area contributed by atoms with Gasteiger partial charge in [0.25, 0.3) is 0 Å². The molecule has 1 aliphatic carbocycles. The highest BCUT2D eigenvalue weighted by atomic mass is 19.4. The van der Waals surface area contributed by atoms with Crippen molar-refractivity contribution in [3.63, 3.8) is 0 Å². The largest absolute Gasteiger partial charge is 0.412 e. The summed E-state index contributed by atoms with van der Waals surface area (Å²) in [5.41, 5.74) is -0.349. The molecule has 1 aliphatic heterocycles. The summed E-state index contributed by atoms with van der Waals surface area (Å²) >= 11 is 0. The SMILES string of the molecule is CNCC1CCC1N1CC=C(C(F)(F)F)CC1. The Morgan fingerprint density at radius 1 is 1.41 bits per heavy atom. The van der Waals surface area contributed by atoms with Crippen LogP contribution in [0, 0.1) is 5.92 Å². The molecule has 0 bridgehead atoms. The highest BCUT2D eigenvalue weighted by molar-refractivity contribution is 5.14. The van der Waals surface area contributed by atoms with E-state index in [4.69, 9.17) is 0 Å². The van der Waals surface area contributed by atoms with Crippen molar-refractivity contribution in [3.05, 3.63) is 11.6 Å². The molecule has 1 fully saturated rings. The molecule has 2 aliphatic rings. The Labute approximate surface area is 99.9 Å². The van der Waals surface area contributed by atoms with Gasteiger partial charge >= 0.3 is 6.18 Å². The van der Waals surface area contributed by atoms with Gasteiger partial charge in [0.15, 0.2) is 0 Å². The lowest BCUT2D eigenvalue weighted by Gasteiger charge is -2.45. The summed E-state index contributed by atoms with van der Waals surface area (Å²) in [6.07, 6.45) is -0.306. The van der Waals surface area contributed by atoms with Crippen molar-refractivity contribution in [3.8, 4) is 0 Å². The molecule has 5 heteroatoms. The molecule has 0 aromatic heterocycles. The van der Waals surface area contributed by atoms with E-state index in [-0.39, 0.29) is 12.0 Å². The van der Waals surface area contributed by atoms with Gasteiger partial charge in [-0.3, -0.25) is 4.90 Å². The van der Waals surface area contributed by atoms with Gasteiger partial charge in [-0.25, -0.2) is 0 Å². The monoisotopic (exact) mass is 248 g/mol. The van der Waals surface area contributed by atoms with Crippen LogP contribution in [0.1, 0.15) is 19.3 Å². The predicted octanol–water partition coefficient (Wildman–Crippen LogP) is 2.18. The van der Waals surface area contributed by atoms with Gasteiger partial charge in [0.2, 0.25) is 0 Å². The molecule has 0 amide bonds. The van der Waals surface area contributed by atoms with Gasteiger partial charge in [0.05, 0.1) is 0 Å². The maximum absolute atomic E-state index is 12.5. The molecule has 1 N–H and O–H groups in total. The molecule has 2 unspecified atom stereocenters. The molecular weight excluding hydrogens is 229 g/mol. The van der Waals surface area contributed by atoms with Crippen LogP contribution in [-0.2, 0) is 0 Å². The van der Waals surface area contributed by atoms with E-state index in [0.29, 0.717) is 25.0 Å². The highest BCUT2D eigenvalue weighted by Crippen LogP contribution is 2.36. The van der Waals surface area contributed by atoms with Crippen LogP contribution < -0.4 is 5.32 Å². The van der Waals surface area contributed by atoms with Gasteiger partial charge < -0.3 is 5.32 Å². The van der Waals surface area contributed by atoms with Crippen LogP contribution in [0.5, 0.6) is 0 Å². The second-order valence-electron chi connectivity index (χ2n) is 4.93. The van der Waals surface area contributed by atoms with Crippen molar-refractivity contribution >= 4 is 0 Å². The van der Waals surface area contributed by atoms with Gasteiger partial charge in [-0.2, -0.15) is 13.2 Å². The molecule has 2 nitrogen and oxygen atoms in total. The van der Waals surface area contributed by atoms with Gasteiger partial charge in [-0.15, -0.1) is 0 Å². The van der Waals surface area contributed by atoms with E-state index in [9.17, 15) is 13.2 Å². The van der Waals surface area contributed by atoms with E-state index in [2.05, 4.69) is 10.2 Å². The molecule has 1 saturated carbocycles. The van der Waals surface area contributed by atoms with Gasteiger partial charge in [-0.1, -0.05) is 6.08 Å². The molecule has 1 heterocycles. The second kappa shape index (κ2) is 4.98. The zero-order valence-corrected chi connectivity index (χ0v) is 10.1. The van der Waals surface area contributed by atoms with Crippen molar-refractivity contribution in [2.24, 2.45) is 5.92 Å². The fourth-order valence-electron chi connectivity index (χ4n) is 2.78. The quantitative estimate of drug-likeness (QED) is 0.770. The molecule has 0 saturated heterocycles. The summed E-state index contributed by atoms with van der Waals surface area (Å²) in [5.74, 6) is 0.612. The van der Waals surface area contributed by atoms with Gasteiger partial charge in [-0.05, 0) is 38.8 Å². The molecule has 17 heavy (non-hydrogen) atoms. The minimum Gasteiger partial charge on any atom is -0.319 e. The van der Waals surface area contributed by atoms with Crippen LogP contribution in [-0.4, -0.2) is 43.8 Å². The summed E-state index contributed by atoms with van der Waals surface area (Å²) in [4.78, 5) is 2.20. The van der Waals surface area contributed by atoms with Crippen LogP contribution in [0.25, 0.3) is 0 Å². The summed E-state index contributed by atoms with van der Waals surface area (Å²) in [6, 6.07) is 0.480. The first-order chi connectivity index (χ1) is 8.02. The van der Waals surface area contributed by atoms with Crippen LogP contribution in [0.2, 0.25) is 0 Å². The van der Waals surface area contributed by atoms with E-state index in [0.717, 1.165) is 13.0 Å². The highest BCUT2D eigenvalue weighted by Gasteiger charge is 2.39. The molecule has 0 radical (unpaired) electrons. The Kier molecular flexibility index (Phi) is 3.78. The zero-order chi connectivity index (χ0) is 12.5. The molecule has 2 rings (SSSR count). The number of nitrogens with one attached hydrogen (secondary N) is 1. The topological polar surface area (TPSA) is 15.3 Å². The Morgan fingerprint density at radius 3 is 2.59 bits per heavy atom. The number of hydrogen-bond acceptors (Lipinski definition) is 2. The van der Waals surface area contributed by atoms with Gasteiger partial charge in [0, 0.05) is 24.7 Å². The minimum atomic E-state index is -4.13. The summed E-state index contributed by atoms with van der Waals surface area (Å²) in [5, 5.41) is 3.15. The smallest absolute Gasteiger partial charge is 0.319 e. The number of nitrogens with zero attached hydrogens (tertiary/aromatic N) is 1. The maximum Gasteiger partial charge on any atom is 0.412 e. The standard InChI is InChI=1S/C12H19F3N2/c1-16-8-9-2-3-11(9)17-6-4-10(5-7-17)12(13,14)15/h4,9,11,16H,2-3,5-8H2,1H3. The lowest BCUT2D eigenvalue weighted by atomic mass is 9.78. The van der Waals surface area contributed by atoms with Crippen LogP contribution in [0.4, 0.5) is 13.2 Å². The van der Waals surface area contributed by atoms with Crippen molar-refractivity contribution < 1.29 is 13.2 Å². The lowest BCUT2D eigenvalue weighted by molar-refractivity contribution is -0.0972. The molecule has 0 aromatic rings. The summed E-state index contributed by atoms with van der Waals surface area (Å²) < 4.78 is 37.4. The maximum atomic E-state index is 12.5. The fourth-order valence-corrected chi connectivity index (χ4v) is 2.78. The third-order valence-corrected chi connectivity index (χ3v) is 3.92. The third kappa shape index (κ3) is 2.83. The van der Waals surface area contributed by atoms with Crippen molar-refractivity contribution in [2.45, 2.75) is 31.5 Å². The van der Waals surface area contributed by atoms with Crippen LogP contribution >= 0.6 is 0 Å². The second-order valence-corrected chi connectivity index (χ2v) is 4.93. The van der Waals surface area contributed by atoms with Crippen molar-refractivity contribution in [1.82, 2.24) is 10.2 Å². The molecular formula is C12H19F3N2. The van der Waals surface area contributed by atoms with E-state index in [1.54, 1.807) is 0 Å². The molecule has 98 valence electrons. The Bertz CT molecular complexity index is 299. The van der Waals surface area contributed by atoms with Crippen LogP contribution in [0.15, 0.2) is 11.6 Å². The normalized spacial score (nSPS) is 30.9. The van der Waals surface area contributed by atoms with E-state index >= 15 is 0 Å². The van der Waals surface area contributed by atoms with E-state index in [1.165, 1.54) is 12.5 Å². The van der Waals surface area contributed by atoms with E-state index < -0.39 is 6.18 Å². The van der Waals surface area contributed by atoms with Gasteiger partial charge in [0.1, 0.15) is 0 Å². The number of hydrogen-bond donors (Lipinski definition) is 1. The lowest BCUT2D eigenvalue weighted by Crippen LogP contribution is -2.51. The number of alkyl halides is 3. The first-order valence-electron chi connectivity index (χ1n) is 6.17. The Hall–Kier alpha value is -0.550. The molecule has 2 atom stereocenters. The summed E-state index contributed by atoms with van der Waals surface area (Å²) in [7, 11) is 1.92. The molecule has 0 spiro atoms. The molecule has 0 aromatic carbocycles. The fraction of sp³-hybridized carbons (Fsp3) is 0.833.